The molecule has 1 aliphatic rings. The highest BCUT2D eigenvalue weighted by molar-refractivity contribution is 8.00. The average Bonchev–Trinajstić information content (AvgIpc) is 2.23. The topological polar surface area (TPSA) is 3.24 Å². The second-order valence-corrected chi connectivity index (χ2v) is 8.54. The summed E-state index contributed by atoms with van der Waals surface area (Å²) in [7, 11) is 0. The van der Waals surface area contributed by atoms with Gasteiger partial charge in [-0.05, 0) is 57.0 Å². The molecule has 1 aliphatic heterocycles. The Bertz CT molecular complexity index is 387. The van der Waals surface area contributed by atoms with Crippen LogP contribution in [0, 0.1) is 0 Å². The first-order chi connectivity index (χ1) is 8.94. The molecule has 2 heteroatoms. The van der Waals surface area contributed by atoms with Crippen LogP contribution < -0.4 is 0 Å². The van der Waals surface area contributed by atoms with Gasteiger partial charge in [0.25, 0.3) is 0 Å². The lowest BCUT2D eigenvalue weighted by atomic mass is 10.0. The molecule has 0 spiro atoms. The third-order valence-corrected chi connectivity index (χ3v) is 4.83. The Hall–Kier alpha value is -0.470. The first kappa shape index (κ1) is 14.9. The van der Waals surface area contributed by atoms with Crippen molar-refractivity contribution in [2.24, 2.45) is 0 Å². The van der Waals surface area contributed by atoms with Crippen LogP contribution in [0.1, 0.15) is 46.1 Å². The molecule has 1 unspecified atom stereocenters. The Labute approximate surface area is 122 Å². The molecular weight excluding hydrogens is 250 g/mol. The predicted molar refractivity (Wildman–Crippen MR) is 86.0 cm³/mol. The quantitative estimate of drug-likeness (QED) is 0.723. The number of benzene rings is 1. The van der Waals surface area contributed by atoms with Gasteiger partial charge in [0.05, 0.1) is 0 Å². The summed E-state index contributed by atoms with van der Waals surface area (Å²) in [5.41, 5.74) is 1.48. The molecule has 1 atom stereocenters. The van der Waals surface area contributed by atoms with E-state index in [2.05, 4.69) is 56.9 Å². The molecule has 19 heavy (non-hydrogen) atoms. The maximum absolute atomic E-state index is 2.59. The number of aryl methyl sites for hydroxylation is 1. The molecule has 0 aliphatic carbocycles. The van der Waals surface area contributed by atoms with Crippen LogP contribution in [0.5, 0.6) is 0 Å². The normalized spacial score (nSPS) is 18.1. The van der Waals surface area contributed by atoms with Crippen molar-refractivity contribution in [2.45, 2.75) is 62.6 Å². The zero-order valence-electron chi connectivity index (χ0n) is 12.8. The molecular formula is C17H27NS. The number of thioether (sulfide) groups is 1. The molecule has 0 bridgehead atoms. The van der Waals surface area contributed by atoms with Crippen molar-refractivity contribution in [3.8, 4) is 0 Å². The summed E-state index contributed by atoms with van der Waals surface area (Å²) in [6, 6.07) is 9.91. The Balaban J connectivity index is 1.81. The van der Waals surface area contributed by atoms with Gasteiger partial charge < -0.3 is 4.90 Å². The highest BCUT2D eigenvalue weighted by Crippen LogP contribution is 2.31. The fourth-order valence-electron chi connectivity index (χ4n) is 2.42. The molecule has 2 rings (SSSR count). The average molecular weight is 277 g/mol. The summed E-state index contributed by atoms with van der Waals surface area (Å²) in [4.78, 5) is 3.97. The number of nitrogens with zero attached hydrogens (tertiary/aromatic N) is 1. The smallest absolute Gasteiger partial charge is 0.0122 e. The second-order valence-electron chi connectivity index (χ2n) is 6.64. The number of likely N-dealkylation sites (tertiary alicyclic amines) is 1. The maximum Gasteiger partial charge on any atom is 0.0122 e. The highest BCUT2D eigenvalue weighted by atomic mass is 32.2. The van der Waals surface area contributed by atoms with Crippen molar-refractivity contribution < 1.29 is 0 Å². The van der Waals surface area contributed by atoms with Gasteiger partial charge in [-0.1, -0.05) is 32.9 Å². The number of hydrogen-bond acceptors (Lipinski definition) is 2. The van der Waals surface area contributed by atoms with Crippen LogP contribution in [-0.4, -0.2) is 28.8 Å². The predicted octanol–water partition coefficient (Wildman–Crippen LogP) is 4.60. The zero-order valence-corrected chi connectivity index (χ0v) is 13.6. The van der Waals surface area contributed by atoms with E-state index in [-0.39, 0.29) is 0 Å². The maximum atomic E-state index is 2.59. The van der Waals surface area contributed by atoms with Gasteiger partial charge in [0.1, 0.15) is 0 Å². The van der Waals surface area contributed by atoms with Gasteiger partial charge in [0.2, 0.25) is 0 Å². The minimum atomic E-state index is 0.299. The van der Waals surface area contributed by atoms with Crippen LogP contribution in [0.15, 0.2) is 29.2 Å². The molecule has 1 aromatic carbocycles. The van der Waals surface area contributed by atoms with E-state index < -0.39 is 0 Å². The van der Waals surface area contributed by atoms with Crippen molar-refractivity contribution in [1.29, 1.82) is 0 Å². The number of rotatable bonds is 5. The number of hydrogen-bond donors (Lipinski definition) is 0. The van der Waals surface area contributed by atoms with E-state index >= 15 is 0 Å². The van der Waals surface area contributed by atoms with Crippen molar-refractivity contribution >= 4 is 11.8 Å². The molecule has 0 radical (unpaired) electrons. The van der Waals surface area contributed by atoms with Gasteiger partial charge in [-0.15, -0.1) is 11.8 Å². The molecule has 1 fully saturated rings. The lowest BCUT2D eigenvalue weighted by Gasteiger charge is -2.36. The van der Waals surface area contributed by atoms with Crippen LogP contribution in [-0.2, 0) is 6.42 Å². The van der Waals surface area contributed by atoms with Crippen molar-refractivity contribution in [1.82, 2.24) is 4.90 Å². The van der Waals surface area contributed by atoms with Crippen LogP contribution in [0.2, 0.25) is 0 Å². The Morgan fingerprint density at radius 1 is 1.16 bits per heavy atom. The van der Waals surface area contributed by atoms with Gasteiger partial charge in [-0.2, -0.15) is 0 Å². The summed E-state index contributed by atoms with van der Waals surface area (Å²) in [6.45, 7) is 11.8. The fourth-order valence-corrected chi connectivity index (χ4v) is 3.40. The van der Waals surface area contributed by atoms with E-state index in [4.69, 9.17) is 0 Å². The Morgan fingerprint density at radius 2 is 1.79 bits per heavy atom. The summed E-state index contributed by atoms with van der Waals surface area (Å²) in [6.07, 6.45) is 3.88. The molecule has 0 N–H and O–H groups in total. The molecule has 1 nitrogen and oxygen atoms in total. The molecule has 0 saturated carbocycles. The highest BCUT2D eigenvalue weighted by Gasteiger charge is 2.19. The van der Waals surface area contributed by atoms with E-state index in [1.165, 1.54) is 42.8 Å². The van der Waals surface area contributed by atoms with Crippen LogP contribution >= 0.6 is 11.8 Å². The molecule has 106 valence electrons. The van der Waals surface area contributed by atoms with Gasteiger partial charge in [-0.25, -0.2) is 0 Å². The van der Waals surface area contributed by atoms with Gasteiger partial charge >= 0.3 is 0 Å². The SMILES string of the molecule is CC(CCc1ccc(SC(C)(C)C)cc1)N1CCC1. The van der Waals surface area contributed by atoms with Crippen molar-refractivity contribution in [3.63, 3.8) is 0 Å². The van der Waals surface area contributed by atoms with Crippen LogP contribution in [0.25, 0.3) is 0 Å². The van der Waals surface area contributed by atoms with Crippen molar-refractivity contribution in [2.75, 3.05) is 13.1 Å². The Morgan fingerprint density at radius 3 is 2.26 bits per heavy atom. The minimum absolute atomic E-state index is 0.299. The first-order valence-corrected chi connectivity index (χ1v) is 8.28. The second kappa shape index (κ2) is 6.32. The van der Waals surface area contributed by atoms with Gasteiger partial charge in [0.15, 0.2) is 0 Å². The van der Waals surface area contributed by atoms with E-state index in [1.807, 2.05) is 11.8 Å². The summed E-state index contributed by atoms with van der Waals surface area (Å²) >= 11 is 1.94. The largest absolute Gasteiger partial charge is 0.301 e. The molecule has 0 aromatic heterocycles. The zero-order chi connectivity index (χ0) is 13.9. The van der Waals surface area contributed by atoms with Crippen LogP contribution in [0.4, 0.5) is 0 Å². The third kappa shape index (κ3) is 4.85. The third-order valence-electron chi connectivity index (χ3n) is 3.71. The van der Waals surface area contributed by atoms with E-state index in [1.54, 1.807) is 0 Å². The molecule has 1 aromatic rings. The summed E-state index contributed by atoms with van der Waals surface area (Å²) in [5.74, 6) is 0. The molecule has 1 saturated heterocycles. The first-order valence-electron chi connectivity index (χ1n) is 7.46. The molecule has 1 heterocycles. The van der Waals surface area contributed by atoms with E-state index in [0.717, 1.165) is 6.04 Å². The van der Waals surface area contributed by atoms with E-state index in [0.29, 0.717) is 4.75 Å². The lowest BCUT2D eigenvalue weighted by molar-refractivity contribution is 0.122. The fraction of sp³-hybridized carbons (Fsp3) is 0.647. The monoisotopic (exact) mass is 277 g/mol. The minimum Gasteiger partial charge on any atom is -0.301 e. The van der Waals surface area contributed by atoms with E-state index in [9.17, 15) is 0 Å². The van der Waals surface area contributed by atoms with Gasteiger partial charge in [-0.3, -0.25) is 0 Å². The molecule has 0 amide bonds. The lowest BCUT2D eigenvalue weighted by Crippen LogP contribution is -2.43. The standard InChI is InChI=1S/C17H27NS/c1-14(18-12-5-13-18)6-7-15-8-10-16(11-9-15)19-17(2,3)4/h8-11,14H,5-7,12-13H2,1-4H3. The Kier molecular flexibility index (Phi) is 4.97. The van der Waals surface area contributed by atoms with Crippen LogP contribution in [0.3, 0.4) is 0 Å². The summed E-state index contributed by atoms with van der Waals surface area (Å²) < 4.78 is 0.299. The van der Waals surface area contributed by atoms with Crippen molar-refractivity contribution in [3.05, 3.63) is 29.8 Å². The van der Waals surface area contributed by atoms with Gasteiger partial charge in [0, 0.05) is 15.7 Å². The summed E-state index contributed by atoms with van der Waals surface area (Å²) in [5, 5.41) is 0.